The fraction of sp³-hybridized carbons (Fsp3) is 0.179. The molecule has 0 saturated heterocycles. The SMILES string of the molecule is COc1ccc(C(Cc2cccc(C=CC(=O)O)c2)NCC=Cc2ccccc2)cc1OC. The van der Waals surface area contributed by atoms with Gasteiger partial charge in [-0.1, -0.05) is 72.8 Å². The molecule has 0 aliphatic carbocycles. The minimum absolute atomic E-state index is 0.0175. The predicted octanol–water partition coefficient (Wildman–Crippen LogP) is 5.39. The van der Waals surface area contributed by atoms with E-state index >= 15 is 0 Å². The van der Waals surface area contributed by atoms with Crippen molar-refractivity contribution in [1.82, 2.24) is 5.32 Å². The average molecular weight is 444 g/mol. The summed E-state index contributed by atoms with van der Waals surface area (Å²) in [5.41, 5.74) is 4.18. The van der Waals surface area contributed by atoms with Crippen LogP contribution >= 0.6 is 0 Å². The van der Waals surface area contributed by atoms with Gasteiger partial charge in [0.2, 0.25) is 0 Å². The molecule has 0 aliphatic rings. The van der Waals surface area contributed by atoms with Crippen molar-refractivity contribution in [2.45, 2.75) is 12.5 Å². The molecule has 3 aromatic carbocycles. The van der Waals surface area contributed by atoms with Crippen LogP contribution in [0.15, 0.2) is 84.9 Å². The van der Waals surface area contributed by atoms with E-state index in [-0.39, 0.29) is 6.04 Å². The molecule has 0 fully saturated rings. The Hall–Kier alpha value is -3.83. The van der Waals surface area contributed by atoms with Gasteiger partial charge >= 0.3 is 5.97 Å². The molecule has 0 aliphatic heterocycles. The van der Waals surface area contributed by atoms with Gasteiger partial charge in [-0.05, 0) is 46.9 Å². The van der Waals surface area contributed by atoms with Crippen molar-refractivity contribution in [1.29, 1.82) is 0 Å². The highest BCUT2D eigenvalue weighted by Gasteiger charge is 2.15. The lowest BCUT2D eigenvalue weighted by atomic mass is 9.97. The fourth-order valence-corrected chi connectivity index (χ4v) is 3.57. The second-order valence-corrected chi connectivity index (χ2v) is 7.51. The molecular weight excluding hydrogens is 414 g/mol. The van der Waals surface area contributed by atoms with Crippen molar-refractivity contribution in [3.63, 3.8) is 0 Å². The molecule has 0 spiro atoms. The van der Waals surface area contributed by atoms with Crippen molar-refractivity contribution in [3.8, 4) is 11.5 Å². The lowest BCUT2D eigenvalue weighted by Gasteiger charge is -2.20. The normalized spacial score (nSPS) is 12.2. The lowest BCUT2D eigenvalue weighted by Crippen LogP contribution is -2.23. The van der Waals surface area contributed by atoms with Crippen molar-refractivity contribution in [2.75, 3.05) is 20.8 Å². The third-order valence-electron chi connectivity index (χ3n) is 5.21. The van der Waals surface area contributed by atoms with Gasteiger partial charge in [0.25, 0.3) is 0 Å². The summed E-state index contributed by atoms with van der Waals surface area (Å²) in [6.45, 7) is 0.687. The molecule has 5 nitrogen and oxygen atoms in total. The Labute approximate surface area is 195 Å². The van der Waals surface area contributed by atoms with Gasteiger partial charge in [0, 0.05) is 18.7 Å². The van der Waals surface area contributed by atoms with Crippen LogP contribution in [0, 0.1) is 0 Å². The van der Waals surface area contributed by atoms with Gasteiger partial charge in [-0.2, -0.15) is 0 Å². The Morgan fingerprint density at radius 1 is 0.909 bits per heavy atom. The Morgan fingerprint density at radius 2 is 1.67 bits per heavy atom. The van der Waals surface area contributed by atoms with Crippen LogP contribution in [0.25, 0.3) is 12.2 Å². The fourth-order valence-electron chi connectivity index (χ4n) is 3.57. The number of rotatable bonds is 11. The van der Waals surface area contributed by atoms with Crippen LogP contribution in [-0.4, -0.2) is 31.8 Å². The number of hydrogen-bond donors (Lipinski definition) is 2. The number of nitrogens with one attached hydrogen (secondary N) is 1. The van der Waals surface area contributed by atoms with Gasteiger partial charge in [-0.3, -0.25) is 0 Å². The minimum Gasteiger partial charge on any atom is -0.493 e. The van der Waals surface area contributed by atoms with Gasteiger partial charge < -0.3 is 19.9 Å². The minimum atomic E-state index is -0.963. The summed E-state index contributed by atoms with van der Waals surface area (Å²) in [7, 11) is 3.25. The molecule has 1 unspecified atom stereocenters. The van der Waals surface area contributed by atoms with E-state index in [2.05, 4.69) is 29.6 Å². The molecule has 170 valence electrons. The molecule has 0 aromatic heterocycles. The van der Waals surface area contributed by atoms with Gasteiger partial charge in [0.05, 0.1) is 14.2 Å². The summed E-state index contributed by atoms with van der Waals surface area (Å²) in [4.78, 5) is 10.9. The maximum absolute atomic E-state index is 10.9. The first kappa shape index (κ1) is 23.8. The van der Waals surface area contributed by atoms with Crippen molar-refractivity contribution in [2.24, 2.45) is 0 Å². The zero-order valence-electron chi connectivity index (χ0n) is 18.9. The molecule has 3 aromatic rings. The summed E-state index contributed by atoms with van der Waals surface area (Å²) in [6.07, 6.45) is 7.68. The lowest BCUT2D eigenvalue weighted by molar-refractivity contribution is -0.131. The topological polar surface area (TPSA) is 67.8 Å². The average Bonchev–Trinajstić information content (AvgIpc) is 2.85. The maximum atomic E-state index is 10.9. The molecule has 0 radical (unpaired) electrons. The van der Waals surface area contributed by atoms with E-state index in [4.69, 9.17) is 14.6 Å². The largest absolute Gasteiger partial charge is 0.493 e. The van der Waals surface area contributed by atoms with E-state index in [1.54, 1.807) is 20.3 Å². The number of benzene rings is 3. The number of ether oxygens (including phenoxy) is 2. The summed E-state index contributed by atoms with van der Waals surface area (Å²) >= 11 is 0. The highest BCUT2D eigenvalue weighted by molar-refractivity contribution is 5.85. The van der Waals surface area contributed by atoms with Gasteiger partial charge in [-0.25, -0.2) is 4.79 Å². The van der Waals surface area contributed by atoms with Crippen LogP contribution in [0.5, 0.6) is 11.5 Å². The van der Waals surface area contributed by atoms with E-state index in [0.717, 1.165) is 34.8 Å². The molecular formula is C28H29NO4. The van der Waals surface area contributed by atoms with Gasteiger partial charge in [0.15, 0.2) is 11.5 Å². The van der Waals surface area contributed by atoms with E-state index in [9.17, 15) is 4.79 Å². The molecule has 3 rings (SSSR count). The third kappa shape index (κ3) is 7.37. The van der Waals surface area contributed by atoms with Crippen LogP contribution in [0.4, 0.5) is 0 Å². The number of methoxy groups -OCH3 is 2. The Kier molecular flexibility index (Phi) is 8.86. The number of carbonyl (C=O) groups is 1. The van der Waals surface area contributed by atoms with Gasteiger partial charge in [0.1, 0.15) is 0 Å². The number of carboxylic acids is 1. The van der Waals surface area contributed by atoms with E-state index in [1.165, 1.54) is 0 Å². The third-order valence-corrected chi connectivity index (χ3v) is 5.21. The smallest absolute Gasteiger partial charge is 0.328 e. The zero-order valence-corrected chi connectivity index (χ0v) is 18.9. The standard InChI is InChI=1S/C28H29NO4/c1-32-26-15-14-24(20-27(26)33-2)25(29-17-7-12-21-8-4-3-5-9-21)19-23-11-6-10-22(18-23)13-16-28(30)31/h3-16,18,20,25,29H,17,19H2,1-2H3,(H,30,31). The van der Waals surface area contributed by atoms with Crippen LogP contribution in [-0.2, 0) is 11.2 Å². The number of hydrogen-bond acceptors (Lipinski definition) is 4. The highest BCUT2D eigenvalue weighted by atomic mass is 16.5. The Balaban J connectivity index is 1.81. The van der Waals surface area contributed by atoms with Crippen LogP contribution < -0.4 is 14.8 Å². The number of aliphatic carboxylic acids is 1. The first-order valence-electron chi connectivity index (χ1n) is 10.8. The molecule has 0 amide bonds. The first-order valence-corrected chi connectivity index (χ1v) is 10.8. The molecule has 5 heteroatoms. The second kappa shape index (κ2) is 12.3. The van der Waals surface area contributed by atoms with Crippen molar-refractivity contribution < 1.29 is 19.4 Å². The van der Waals surface area contributed by atoms with Gasteiger partial charge in [-0.15, -0.1) is 0 Å². The second-order valence-electron chi connectivity index (χ2n) is 7.51. The summed E-state index contributed by atoms with van der Waals surface area (Å²) < 4.78 is 10.9. The monoisotopic (exact) mass is 443 g/mol. The first-order chi connectivity index (χ1) is 16.1. The molecule has 0 bridgehead atoms. The van der Waals surface area contributed by atoms with Crippen LogP contribution in [0.3, 0.4) is 0 Å². The molecule has 1 atom stereocenters. The Morgan fingerprint density at radius 3 is 2.39 bits per heavy atom. The highest BCUT2D eigenvalue weighted by Crippen LogP contribution is 2.31. The molecule has 0 heterocycles. The van der Waals surface area contributed by atoms with Crippen LogP contribution in [0.2, 0.25) is 0 Å². The maximum Gasteiger partial charge on any atom is 0.328 e. The molecule has 33 heavy (non-hydrogen) atoms. The van der Waals surface area contributed by atoms with Crippen LogP contribution in [0.1, 0.15) is 28.3 Å². The predicted molar refractivity (Wildman–Crippen MR) is 133 cm³/mol. The summed E-state index contributed by atoms with van der Waals surface area (Å²) in [5, 5.41) is 12.5. The Bertz CT molecular complexity index is 1110. The van der Waals surface area contributed by atoms with E-state index in [0.29, 0.717) is 18.0 Å². The summed E-state index contributed by atoms with van der Waals surface area (Å²) in [6, 6.07) is 24.0. The zero-order chi connectivity index (χ0) is 23.5. The number of carboxylic acid groups (broad SMARTS) is 1. The molecule has 0 saturated carbocycles. The summed E-state index contributed by atoms with van der Waals surface area (Å²) in [5.74, 6) is 0.403. The van der Waals surface area contributed by atoms with E-state index < -0.39 is 5.97 Å². The van der Waals surface area contributed by atoms with E-state index in [1.807, 2.05) is 60.7 Å². The quantitative estimate of drug-likeness (QED) is 0.389. The molecule has 2 N–H and O–H groups in total. The van der Waals surface area contributed by atoms with Crippen molar-refractivity contribution in [3.05, 3.63) is 107 Å². The van der Waals surface area contributed by atoms with Crippen molar-refractivity contribution >= 4 is 18.1 Å².